The van der Waals surface area contributed by atoms with Crippen molar-refractivity contribution in [2.24, 2.45) is 0 Å². The number of carbonyl (C=O) groups is 1. The van der Waals surface area contributed by atoms with Gasteiger partial charge in [0.2, 0.25) is 5.91 Å². The molecule has 1 atom stereocenters. The van der Waals surface area contributed by atoms with Crippen LogP contribution in [-0.2, 0) is 14.6 Å². The summed E-state index contributed by atoms with van der Waals surface area (Å²) in [5, 5.41) is 6.16. The Morgan fingerprint density at radius 3 is 2.67 bits per heavy atom. The molecule has 0 bridgehead atoms. The van der Waals surface area contributed by atoms with Crippen molar-refractivity contribution in [3.8, 4) is 0 Å². The molecule has 2 N–H and O–H groups in total. The predicted octanol–water partition coefficient (Wildman–Crippen LogP) is 1.87. The molecule has 0 aromatic heterocycles. The standard InChI is InChI=1S/C15H22N2O3S/c1-4-15(8-5-9-16-15)14(18)17-13-10-12(21(3,19)20)7-6-11(13)2/h6-7,10,16H,4-5,8-9H2,1-3H3,(H,17,18). The fourth-order valence-electron chi connectivity index (χ4n) is 2.67. The highest BCUT2D eigenvalue weighted by Gasteiger charge is 2.39. The third kappa shape index (κ3) is 3.27. The van der Waals surface area contributed by atoms with Crippen LogP contribution in [0, 0.1) is 6.92 Å². The number of rotatable bonds is 4. The lowest BCUT2D eigenvalue weighted by molar-refractivity contribution is -0.122. The Kier molecular flexibility index (Phi) is 4.39. The molecule has 1 aromatic rings. The quantitative estimate of drug-likeness (QED) is 0.890. The molecule has 1 aliphatic rings. The molecular formula is C15H22N2O3S. The average Bonchev–Trinajstić information content (AvgIpc) is 2.90. The number of nitrogens with one attached hydrogen (secondary N) is 2. The van der Waals surface area contributed by atoms with E-state index in [4.69, 9.17) is 0 Å². The summed E-state index contributed by atoms with van der Waals surface area (Å²) < 4.78 is 23.3. The van der Waals surface area contributed by atoms with Crippen molar-refractivity contribution in [1.29, 1.82) is 0 Å². The molecule has 1 saturated heterocycles. The minimum absolute atomic E-state index is 0.0868. The second kappa shape index (κ2) is 5.77. The second-order valence-electron chi connectivity index (χ2n) is 5.67. The Bertz CT molecular complexity index is 647. The van der Waals surface area contributed by atoms with Crippen LogP contribution >= 0.6 is 0 Å². The van der Waals surface area contributed by atoms with Crippen molar-refractivity contribution in [3.63, 3.8) is 0 Å². The largest absolute Gasteiger partial charge is 0.324 e. The van der Waals surface area contributed by atoms with E-state index < -0.39 is 15.4 Å². The molecule has 1 aromatic carbocycles. The van der Waals surface area contributed by atoms with Gasteiger partial charge in [-0.15, -0.1) is 0 Å². The summed E-state index contributed by atoms with van der Waals surface area (Å²) >= 11 is 0. The van der Waals surface area contributed by atoms with Crippen molar-refractivity contribution >= 4 is 21.4 Å². The highest BCUT2D eigenvalue weighted by molar-refractivity contribution is 7.90. The van der Waals surface area contributed by atoms with Gasteiger partial charge in [0, 0.05) is 11.9 Å². The first-order chi connectivity index (χ1) is 9.78. The van der Waals surface area contributed by atoms with Crippen molar-refractivity contribution < 1.29 is 13.2 Å². The molecule has 0 saturated carbocycles. The summed E-state index contributed by atoms with van der Waals surface area (Å²) in [4.78, 5) is 12.8. The van der Waals surface area contributed by atoms with E-state index in [1.54, 1.807) is 12.1 Å². The van der Waals surface area contributed by atoms with E-state index in [2.05, 4.69) is 10.6 Å². The number of benzene rings is 1. The van der Waals surface area contributed by atoms with E-state index in [0.717, 1.165) is 31.2 Å². The van der Waals surface area contributed by atoms with Gasteiger partial charge < -0.3 is 10.6 Å². The Labute approximate surface area is 126 Å². The molecule has 0 spiro atoms. The zero-order chi connectivity index (χ0) is 15.7. The number of carbonyl (C=O) groups excluding carboxylic acids is 1. The predicted molar refractivity (Wildman–Crippen MR) is 83.2 cm³/mol. The maximum Gasteiger partial charge on any atom is 0.244 e. The van der Waals surface area contributed by atoms with Crippen LogP contribution < -0.4 is 10.6 Å². The number of aryl methyl sites for hydroxylation is 1. The minimum Gasteiger partial charge on any atom is -0.324 e. The maximum absolute atomic E-state index is 12.6. The molecule has 1 amide bonds. The van der Waals surface area contributed by atoms with Crippen LogP contribution in [0.25, 0.3) is 0 Å². The first-order valence-electron chi connectivity index (χ1n) is 7.16. The topological polar surface area (TPSA) is 75.3 Å². The van der Waals surface area contributed by atoms with Crippen LogP contribution in [0.2, 0.25) is 0 Å². The minimum atomic E-state index is -3.28. The van der Waals surface area contributed by atoms with Crippen molar-refractivity contribution in [2.45, 2.75) is 43.5 Å². The number of sulfone groups is 1. The van der Waals surface area contributed by atoms with E-state index >= 15 is 0 Å². The molecule has 1 unspecified atom stereocenters. The molecule has 5 nitrogen and oxygen atoms in total. The van der Waals surface area contributed by atoms with E-state index in [1.165, 1.54) is 6.07 Å². The Morgan fingerprint density at radius 1 is 1.43 bits per heavy atom. The normalized spacial score (nSPS) is 22.2. The summed E-state index contributed by atoms with van der Waals surface area (Å²) in [7, 11) is -3.28. The molecule has 6 heteroatoms. The van der Waals surface area contributed by atoms with Gasteiger partial charge in [0.25, 0.3) is 0 Å². The molecular weight excluding hydrogens is 288 g/mol. The first-order valence-corrected chi connectivity index (χ1v) is 9.05. The molecule has 1 aliphatic heterocycles. The van der Waals surface area contributed by atoms with Gasteiger partial charge in [-0.1, -0.05) is 13.0 Å². The van der Waals surface area contributed by atoms with Crippen LogP contribution in [0.4, 0.5) is 5.69 Å². The lowest BCUT2D eigenvalue weighted by atomic mass is 9.93. The fourth-order valence-corrected chi connectivity index (χ4v) is 3.32. The van der Waals surface area contributed by atoms with Crippen LogP contribution in [0.1, 0.15) is 31.7 Å². The summed E-state index contributed by atoms with van der Waals surface area (Å²) in [5.74, 6) is -0.0868. The summed E-state index contributed by atoms with van der Waals surface area (Å²) in [5.41, 5.74) is 0.873. The number of anilines is 1. The summed E-state index contributed by atoms with van der Waals surface area (Å²) in [6.07, 6.45) is 3.66. The molecule has 2 rings (SSSR count). The Balaban J connectivity index is 2.29. The summed E-state index contributed by atoms with van der Waals surface area (Å²) in [6, 6.07) is 4.80. The molecule has 0 aliphatic carbocycles. The molecule has 116 valence electrons. The highest BCUT2D eigenvalue weighted by Crippen LogP contribution is 2.27. The van der Waals surface area contributed by atoms with Gasteiger partial charge in [-0.2, -0.15) is 0 Å². The van der Waals surface area contributed by atoms with Gasteiger partial charge in [-0.25, -0.2) is 8.42 Å². The zero-order valence-corrected chi connectivity index (χ0v) is 13.5. The average molecular weight is 310 g/mol. The van der Waals surface area contributed by atoms with Gasteiger partial charge in [0.05, 0.1) is 10.4 Å². The lowest BCUT2D eigenvalue weighted by Crippen LogP contribution is -2.50. The second-order valence-corrected chi connectivity index (χ2v) is 7.68. The van der Waals surface area contributed by atoms with E-state index in [0.29, 0.717) is 12.1 Å². The van der Waals surface area contributed by atoms with Crippen LogP contribution in [0.3, 0.4) is 0 Å². The van der Waals surface area contributed by atoms with Crippen LogP contribution in [0.5, 0.6) is 0 Å². The number of hydrogen-bond donors (Lipinski definition) is 2. The molecule has 1 heterocycles. The summed E-state index contributed by atoms with van der Waals surface area (Å²) in [6.45, 7) is 4.67. The van der Waals surface area contributed by atoms with Crippen LogP contribution in [0.15, 0.2) is 23.1 Å². The zero-order valence-electron chi connectivity index (χ0n) is 12.7. The molecule has 1 fully saturated rings. The first kappa shape index (κ1) is 16.0. The Hall–Kier alpha value is -1.40. The highest BCUT2D eigenvalue weighted by atomic mass is 32.2. The Morgan fingerprint density at radius 2 is 2.14 bits per heavy atom. The van der Waals surface area contributed by atoms with Crippen molar-refractivity contribution in [1.82, 2.24) is 5.32 Å². The number of amides is 1. The maximum atomic E-state index is 12.6. The van der Waals surface area contributed by atoms with Gasteiger partial charge in [0.15, 0.2) is 9.84 Å². The van der Waals surface area contributed by atoms with E-state index in [-0.39, 0.29) is 10.8 Å². The van der Waals surface area contributed by atoms with Crippen molar-refractivity contribution in [2.75, 3.05) is 18.1 Å². The van der Waals surface area contributed by atoms with Gasteiger partial charge >= 0.3 is 0 Å². The SMILES string of the molecule is CCC1(C(=O)Nc2cc(S(C)(=O)=O)ccc2C)CCCN1. The third-order valence-corrected chi connectivity index (χ3v) is 5.28. The van der Waals surface area contributed by atoms with Gasteiger partial charge in [-0.3, -0.25) is 4.79 Å². The fraction of sp³-hybridized carbons (Fsp3) is 0.533. The van der Waals surface area contributed by atoms with Gasteiger partial charge in [0.1, 0.15) is 0 Å². The van der Waals surface area contributed by atoms with Crippen LogP contribution in [-0.4, -0.2) is 32.7 Å². The number of hydrogen-bond acceptors (Lipinski definition) is 4. The smallest absolute Gasteiger partial charge is 0.244 e. The lowest BCUT2D eigenvalue weighted by Gasteiger charge is -2.27. The van der Waals surface area contributed by atoms with E-state index in [1.807, 2.05) is 13.8 Å². The third-order valence-electron chi connectivity index (χ3n) is 4.17. The van der Waals surface area contributed by atoms with Gasteiger partial charge in [-0.05, 0) is 50.4 Å². The molecule has 21 heavy (non-hydrogen) atoms. The molecule has 0 radical (unpaired) electrons. The van der Waals surface area contributed by atoms with Crippen molar-refractivity contribution in [3.05, 3.63) is 23.8 Å². The van der Waals surface area contributed by atoms with E-state index in [9.17, 15) is 13.2 Å². The monoisotopic (exact) mass is 310 g/mol.